The fraction of sp³-hybridized carbons (Fsp3) is 0.207. The van der Waals surface area contributed by atoms with Gasteiger partial charge in [-0.05, 0) is 74.6 Å². The van der Waals surface area contributed by atoms with Crippen LogP contribution in [0.4, 0.5) is 9.39 Å². The summed E-state index contributed by atoms with van der Waals surface area (Å²) in [6, 6.07) is 15.2. The lowest BCUT2D eigenvalue weighted by Crippen LogP contribution is -2.32. The number of nitrogens with one attached hydrogen (secondary N) is 2. The first kappa shape index (κ1) is 26.9. The molecule has 0 spiro atoms. The zero-order chi connectivity index (χ0) is 28.1. The maximum absolute atomic E-state index is 13.5. The summed E-state index contributed by atoms with van der Waals surface area (Å²) in [5.41, 5.74) is 5.92. The third-order valence-electron chi connectivity index (χ3n) is 6.33. The van der Waals surface area contributed by atoms with E-state index in [1.807, 2.05) is 30.3 Å². The normalized spacial score (nSPS) is 12.7. The number of para-hydroxylation sites is 1. The summed E-state index contributed by atoms with van der Waals surface area (Å²) in [5.74, 6) is -2.85. The molecule has 0 saturated carbocycles. The van der Waals surface area contributed by atoms with E-state index >= 15 is 0 Å². The largest absolute Gasteiger partial charge is 0.462 e. The Morgan fingerprint density at radius 2 is 1.82 bits per heavy atom. The third-order valence-corrected chi connectivity index (χ3v) is 7.54. The Balaban J connectivity index is 1.34. The van der Waals surface area contributed by atoms with Gasteiger partial charge in [-0.1, -0.05) is 18.2 Å². The highest BCUT2D eigenvalue weighted by atomic mass is 32.1. The predicted molar refractivity (Wildman–Crippen MR) is 150 cm³/mol. The van der Waals surface area contributed by atoms with E-state index in [0.29, 0.717) is 27.4 Å². The van der Waals surface area contributed by atoms with Gasteiger partial charge >= 0.3 is 17.8 Å². The van der Waals surface area contributed by atoms with E-state index in [1.54, 1.807) is 29.9 Å². The van der Waals surface area contributed by atoms with Gasteiger partial charge in [-0.2, -0.15) is 10.2 Å². The predicted octanol–water partition coefficient (Wildman–Crippen LogP) is 4.88. The minimum Gasteiger partial charge on any atom is -0.462 e. The molecule has 0 unspecified atom stereocenters. The number of thiophene rings is 1. The molecule has 5 rings (SSSR count). The van der Waals surface area contributed by atoms with Crippen LogP contribution in [0.15, 0.2) is 65.9 Å². The van der Waals surface area contributed by atoms with Crippen LogP contribution in [0.25, 0.3) is 16.9 Å². The number of hydrazone groups is 1. The molecule has 1 aliphatic carbocycles. The highest BCUT2D eigenvalue weighted by molar-refractivity contribution is 7.17. The molecule has 0 saturated heterocycles. The molecule has 2 amide bonds. The van der Waals surface area contributed by atoms with Crippen molar-refractivity contribution in [2.24, 2.45) is 5.10 Å². The average molecular weight is 560 g/mol. The van der Waals surface area contributed by atoms with E-state index in [2.05, 4.69) is 20.9 Å². The van der Waals surface area contributed by atoms with Crippen molar-refractivity contribution in [3.05, 3.63) is 88.2 Å². The van der Waals surface area contributed by atoms with Crippen molar-refractivity contribution in [2.75, 3.05) is 11.9 Å². The van der Waals surface area contributed by atoms with Crippen molar-refractivity contribution in [1.29, 1.82) is 0 Å². The first-order valence-corrected chi connectivity index (χ1v) is 13.6. The summed E-state index contributed by atoms with van der Waals surface area (Å²) < 4.78 is 20.4. The van der Waals surface area contributed by atoms with Crippen LogP contribution in [0, 0.1) is 5.82 Å². The van der Waals surface area contributed by atoms with E-state index in [1.165, 1.54) is 29.7 Å². The lowest BCUT2D eigenvalue weighted by atomic mass is 9.95. The quantitative estimate of drug-likeness (QED) is 0.145. The second kappa shape index (κ2) is 12.0. The number of ether oxygens (including phenoxy) is 1. The van der Waals surface area contributed by atoms with Crippen molar-refractivity contribution in [1.82, 2.24) is 15.2 Å². The van der Waals surface area contributed by atoms with Gasteiger partial charge in [-0.25, -0.2) is 19.3 Å². The number of carbonyl (C=O) groups is 3. The summed E-state index contributed by atoms with van der Waals surface area (Å²) in [7, 11) is 0. The van der Waals surface area contributed by atoms with Crippen molar-refractivity contribution in [2.45, 2.75) is 32.6 Å². The lowest BCUT2D eigenvalue weighted by molar-refractivity contribution is -0.136. The molecule has 4 aromatic rings. The van der Waals surface area contributed by atoms with E-state index in [0.717, 1.165) is 41.8 Å². The van der Waals surface area contributed by atoms with Crippen LogP contribution < -0.4 is 10.7 Å². The smallest absolute Gasteiger partial charge is 0.341 e. The van der Waals surface area contributed by atoms with Gasteiger partial charge in [0.05, 0.1) is 24.1 Å². The second-order valence-corrected chi connectivity index (χ2v) is 10.1. The number of rotatable bonds is 7. The van der Waals surface area contributed by atoms with Crippen LogP contribution in [-0.2, 0) is 27.2 Å². The molecule has 40 heavy (non-hydrogen) atoms. The molecule has 1 aliphatic rings. The minimum absolute atomic E-state index is 0.201. The SMILES string of the molecule is CCOC(=O)c1c(NC(=O)C(=O)NN=Cc2cn(-c3ccccc3)nc2-c2ccc(F)cc2)sc2c1CCCC2. The molecule has 2 N–H and O–H groups in total. The average Bonchev–Trinajstić information content (AvgIpc) is 3.55. The number of halogens is 1. The van der Waals surface area contributed by atoms with Gasteiger partial charge in [-0.3, -0.25) is 9.59 Å². The number of esters is 1. The van der Waals surface area contributed by atoms with Crippen LogP contribution >= 0.6 is 11.3 Å². The number of carbonyl (C=O) groups excluding carboxylic acids is 3. The van der Waals surface area contributed by atoms with Gasteiger partial charge in [0.25, 0.3) is 0 Å². The van der Waals surface area contributed by atoms with Gasteiger partial charge in [0, 0.05) is 22.2 Å². The van der Waals surface area contributed by atoms with Crippen LogP contribution in [0.2, 0.25) is 0 Å². The number of amides is 2. The van der Waals surface area contributed by atoms with Gasteiger partial charge in [-0.15, -0.1) is 11.3 Å². The van der Waals surface area contributed by atoms with Gasteiger partial charge in [0.1, 0.15) is 16.5 Å². The number of benzene rings is 2. The fourth-order valence-corrected chi connectivity index (χ4v) is 5.74. The maximum atomic E-state index is 13.5. The molecular weight excluding hydrogens is 533 g/mol. The highest BCUT2D eigenvalue weighted by Crippen LogP contribution is 2.38. The Hall–Kier alpha value is -4.64. The number of aromatic nitrogens is 2. The van der Waals surface area contributed by atoms with Gasteiger partial charge in [0.2, 0.25) is 0 Å². The van der Waals surface area contributed by atoms with Crippen LogP contribution in [0.1, 0.15) is 46.1 Å². The van der Waals surface area contributed by atoms with Gasteiger partial charge in [0.15, 0.2) is 0 Å². The summed E-state index contributed by atoms with van der Waals surface area (Å²) in [6.45, 7) is 1.91. The summed E-state index contributed by atoms with van der Waals surface area (Å²) in [6.07, 6.45) is 6.56. The Morgan fingerprint density at radius 1 is 1.07 bits per heavy atom. The monoisotopic (exact) mass is 559 g/mol. The molecule has 2 aromatic carbocycles. The van der Waals surface area contributed by atoms with E-state index in [9.17, 15) is 18.8 Å². The lowest BCUT2D eigenvalue weighted by Gasteiger charge is -2.12. The zero-order valence-electron chi connectivity index (χ0n) is 21.6. The summed E-state index contributed by atoms with van der Waals surface area (Å²) in [4.78, 5) is 39.0. The molecule has 204 valence electrons. The molecule has 11 heteroatoms. The van der Waals surface area contributed by atoms with Gasteiger partial charge < -0.3 is 10.1 Å². The molecular formula is C29H26FN5O4S. The standard InChI is InChI=1S/C29H26FN5O4S/c1-2-39-29(38)24-22-10-6-7-11-23(22)40-28(24)32-26(36)27(37)33-31-16-19-17-35(21-8-4-3-5-9-21)34-25(19)18-12-14-20(30)15-13-18/h3-5,8-9,12-17H,2,6-7,10-11H2,1H3,(H,32,36)(H,33,37). The van der Waals surface area contributed by atoms with Crippen molar-refractivity contribution in [3.8, 4) is 16.9 Å². The van der Waals surface area contributed by atoms with Crippen molar-refractivity contribution >= 4 is 40.3 Å². The van der Waals surface area contributed by atoms with Crippen LogP contribution in [-0.4, -0.2) is 40.4 Å². The number of hydrogen-bond donors (Lipinski definition) is 2. The number of nitrogens with zero attached hydrogens (tertiary/aromatic N) is 3. The number of hydrogen-bond acceptors (Lipinski definition) is 7. The first-order chi connectivity index (χ1) is 19.4. The molecule has 0 radical (unpaired) electrons. The summed E-state index contributed by atoms with van der Waals surface area (Å²) >= 11 is 1.29. The number of anilines is 1. The van der Waals surface area contributed by atoms with E-state index in [-0.39, 0.29) is 12.4 Å². The molecule has 2 aromatic heterocycles. The zero-order valence-corrected chi connectivity index (χ0v) is 22.5. The third kappa shape index (κ3) is 5.84. The van der Waals surface area contributed by atoms with Crippen LogP contribution in [0.5, 0.6) is 0 Å². The van der Waals surface area contributed by atoms with Crippen molar-refractivity contribution in [3.63, 3.8) is 0 Å². The molecule has 0 fully saturated rings. The summed E-state index contributed by atoms with van der Waals surface area (Å²) in [5, 5.41) is 11.4. The Kier molecular flexibility index (Phi) is 8.11. The van der Waals surface area contributed by atoms with E-state index in [4.69, 9.17) is 4.74 Å². The molecule has 9 nitrogen and oxygen atoms in total. The second-order valence-electron chi connectivity index (χ2n) is 9.01. The number of aryl methyl sites for hydroxylation is 1. The van der Waals surface area contributed by atoms with E-state index < -0.39 is 17.8 Å². The molecule has 0 bridgehead atoms. The topological polar surface area (TPSA) is 115 Å². The van der Waals surface area contributed by atoms with Crippen LogP contribution in [0.3, 0.4) is 0 Å². The van der Waals surface area contributed by atoms with Crippen molar-refractivity contribution < 1.29 is 23.5 Å². The Labute approximate surface area is 233 Å². The minimum atomic E-state index is -1.00. The molecule has 2 heterocycles. The molecule has 0 aliphatic heterocycles. The number of fused-ring (bicyclic) bond motifs is 1. The highest BCUT2D eigenvalue weighted by Gasteiger charge is 2.28. The first-order valence-electron chi connectivity index (χ1n) is 12.8. The Bertz CT molecular complexity index is 1580. The maximum Gasteiger partial charge on any atom is 0.341 e. The Morgan fingerprint density at radius 3 is 2.58 bits per heavy atom. The fourth-order valence-electron chi connectivity index (χ4n) is 4.47. The molecule has 0 atom stereocenters.